The molecule has 2 rings (SSSR count). The minimum Gasteiger partial charge on any atom is -0.467 e. The minimum absolute atomic E-state index is 0.466. The second-order valence-electron chi connectivity index (χ2n) is 3.47. The first kappa shape index (κ1) is 7.87. The Morgan fingerprint density at radius 3 is 3.00 bits per heavy atom. The zero-order chi connectivity index (χ0) is 8.39. The molecule has 0 bridgehead atoms. The molecule has 1 saturated heterocycles. The van der Waals surface area contributed by atoms with Gasteiger partial charge in [-0.1, -0.05) is 6.42 Å². The summed E-state index contributed by atoms with van der Waals surface area (Å²) in [5.74, 6) is 1.13. The van der Waals surface area contributed by atoms with Crippen LogP contribution < -0.4 is 5.32 Å². The Morgan fingerprint density at radius 2 is 2.42 bits per heavy atom. The first-order chi connectivity index (χ1) is 5.88. The second kappa shape index (κ2) is 3.31. The van der Waals surface area contributed by atoms with Gasteiger partial charge in [0.05, 0.1) is 12.3 Å². The highest BCUT2D eigenvalue weighted by molar-refractivity contribution is 5.18. The lowest BCUT2D eigenvalue weighted by atomic mass is 10.0. The van der Waals surface area contributed by atoms with Gasteiger partial charge >= 0.3 is 0 Å². The standard InChI is InChI=1S/C10H15NO/c1-8-5-7-12-10(8)9-4-2-3-6-11-9/h5,7,9,11H,2-4,6H2,1H3/t9-/m1/s1. The first-order valence-corrected chi connectivity index (χ1v) is 4.65. The van der Waals surface area contributed by atoms with Crippen molar-refractivity contribution >= 4 is 0 Å². The highest BCUT2D eigenvalue weighted by Gasteiger charge is 2.18. The third-order valence-electron chi connectivity index (χ3n) is 2.53. The Bertz CT molecular complexity index is 248. The van der Waals surface area contributed by atoms with Crippen LogP contribution in [0, 0.1) is 6.92 Å². The lowest BCUT2D eigenvalue weighted by Gasteiger charge is -2.22. The van der Waals surface area contributed by atoms with Crippen LogP contribution in [0.15, 0.2) is 16.7 Å². The van der Waals surface area contributed by atoms with Gasteiger partial charge in [0.1, 0.15) is 5.76 Å². The fourth-order valence-corrected chi connectivity index (χ4v) is 1.82. The van der Waals surface area contributed by atoms with E-state index in [4.69, 9.17) is 4.42 Å². The Hall–Kier alpha value is -0.760. The van der Waals surface area contributed by atoms with E-state index in [9.17, 15) is 0 Å². The van der Waals surface area contributed by atoms with Gasteiger partial charge in [0, 0.05) is 0 Å². The Kier molecular flexibility index (Phi) is 2.17. The lowest BCUT2D eigenvalue weighted by molar-refractivity contribution is 0.347. The van der Waals surface area contributed by atoms with E-state index in [0.717, 1.165) is 12.3 Å². The molecule has 1 fully saturated rings. The van der Waals surface area contributed by atoms with Gasteiger partial charge in [-0.2, -0.15) is 0 Å². The zero-order valence-electron chi connectivity index (χ0n) is 7.47. The van der Waals surface area contributed by atoms with Crippen molar-refractivity contribution in [1.82, 2.24) is 5.32 Å². The van der Waals surface area contributed by atoms with Crippen LogP contribution >= 0.6 is 0 Å². The summed E-state index contributed by atoms with van der Waals surface area (Å²) in [4.78, 5) is 0. The molecule has 1 aliphatic rings. The molecule has 1 aromatic heterocycles. The number of rotatable bonds is 1. The summed E-state index contributed by atoms with van der Waals surface area (Å²) in [6, 6.07) is 2.50. The van der Waals surface area contributed by atoms with E-state index in [-0.39, 0.29) is 0 Å². The fraction of sp³-hybridized carbons (Fsp3) is 0.600. The fourth-order valence-electron chi connectivity index (χ4n) is 1.82. The molecule has 0 amide bonds. The smallest absolute Gasteiger partial charge is 0.123 e. The van der Waals surface area contributed by atoms with Crippen molar-refractivity contribution in [2.24, 2.45) is 0 Å². The van der Waals surface area contributed by atoms with E-state index in [1.807, 2.05) is 6.07 Å². The molecule has 12 heavy (non-hydrogen) atoms. The maximum atomic E-state index is 5.44. The predicted molar refractivity (Wildman–Crippen MR) is 48.0 cm³/mol. The average Bonchev–Trinajstić information content (AvgIpc) is 2.53. The molecular weight excluding hydrogens is 150 g/mol. The maximum Gasteiger partial charge on any atom is 0.123 e. The highest BCUT2D eigenvalue weighted by Crippen LogP contribution is 2.25. The molecule has 0 spiro atoms. The lowest BCUT2D eigenvalue weighted by Crippen LogP contribution is -2.26. The van der Waals surface area contributed by atoms with Crippen molar-refractivity contribution in [2.45, 2.75) is 32.2 Å². The number of piperidine rings is 1. The van der Waals surface area contributed by atoms with Crippen molar-refractivity contribution < 1.29 is 4.42 Å². The Morgan fingerprint density at radius 1 is 1.50 bits per heavy atom. The number of nitrogens with one attached hydrogen (secondary N) is 1. The summed E-state index contributed by atoms with van der Waals surface area (Å²) in [6.07, 6.45) is 5.61. The van der Waals surface area contributed by atoms with Gasteiger partial charge in [0.15, 0.2) is 0 Å². The molecule has 2 heteroatoms. The van der Waals surface area contributed by atoms with Gasteiger partial charge < -0.3 is 9.73 Å². The predicted octanol–water partition coefficient (Wildman–Crippen LogP) is 2.40. The largest absolute Gasteiger partial charge is 0.467 e. The molecular formula is C10H15NO. The van der Waals surface area contributed by atoms with E-state index >= 15 is 0 Å². The molecule has 1 aliphatic heterocycles. The summed E-state index contributed by atoms with van der Waals surface area (Å²) in [5.41, 5.74) is 1.27. The van der Waals surface area contributed by atoms with E-state index in [2.05, 4.69) is 12.2 Å². The van der Waals surface area contributed by atoms with Gasteiger partial charge in [-0.25, -0.2) is 0 Å². The van der Waals surface area contributed by atoms with E-state index < -0.39 is 0 Å². The van der Waals surface area contributed by atoms with Crippen LogP contribution in [0.5, 0.6) is 0 Å². The molecule has 66 valence electrons. The van der Waals surface area contributed by atoms with Crippen molar-refractivity contribution in [3.05, 3.63) is 23.7 Å². The topological polar surface area (TPSA) is 25.2 Å². The summed E-state index contributed by atoms with van der Waals surface area (Å²) in [5, 5.41) is 3.47. The number of hydrogen-bond acceptors (Lipinski definition) is 2. The minimum atomic E-state index is 0.466. The van der Waals surface area contributed by atoms with Gasteiger partial charge in [0.2, 0.25) is 0 Å². The second-order valence-corrected chi connectivity index (χ2v) is 3.47. The Balaban J connectivity index is 2.13. The summed E-state index contributed by atoms with van der Waals surface area (Å²) in [7, 11) is 0. The molecule has 2 nitrogen and oxygen atoms in total. The maximum absolute atomic E-state index is 5.44. The molecule has 0 unspecified atom stereocenters. The first-order valence-electron chi connectivity index (χ1n) is 4.65. The van der Waals surface area contributed by atoms with E-state index in [0.29, 0.717) is 6.04 Å². The molecule has 1 N–H and O–H groups in total. The van der Waals surface area contributed by atoms with Crippen LogP contribution in [0.2, 0.25) is 0 Å². The average molecular weight is 165 g/mol. The summed E-state index contributed by atoms with van der Waals surface area (Å²) < 4.78 is 5.44. The van der Waals surface area contributed by atoms with Crippen molar-refractivity contribution in [1.29, 1.82) is 0 Å². The number of hydrogen-bond donors (Lipinski definition) is 1. The summed E-state index contributed by atoms with van der Waals surface area (Å²) in [6.45, 7) is 3.24. The quantitative estimate of drug-likeness (QED) is 0.691. The van der Waals surface area contributed by atoms with E-state index in [1.165, 1.54) is 24.8 Å². The van der Waals surface area contributed by atoms with Gasteiger partial charge in [0.25, 0.3) is 0 Å². The zero-order valence-corrected chi connectivity index (χ0v) is 7.47. The van der Waals surface area contributed by atoms with Crippen LogP contribution in [0.4, 0.5) is 0 Å². The van der Waals surface area contributed by atoms with Crippen LogP contribution in [0.25, 0.3) is 0 Å². The molecule has 0 saturated carbocycles. The molecule has 0 aromatic carbocycles. The Labute approximate surface area is 73.0 Å². The normalized spacial score (nSPS) is 24.2. The highest BCUT2D eigenvalue weighted by atomic mass is 16.3. The van der Waals surface area contributed by atoms with Crippen LogP contribution in [0.1, 0.15) is 36.6 Å². The van der Waals surface area contributed by atoms with E-state index in [1.54, 1.807) is 6.26 Å². The van der Waals surface area contributed by atoms with Crippen molar-refractivity contribution in [2.75, 3.05) is 6.54 Å². The third kappa shape index (κ3) is 1.39. The molecule has 1 aromatic rings. The summed E-state index contributed by atoms with van der Waals surface area (Å²) >= 11 is 0. The molecule has 1 atom stereocenters. The molecule has 0 aliphatic carbocycles. The van der Waals surface area contributed by atoms with Crippen molar-refractivity contribution in [3.63, 3.8) is 0 Å². The monoisotopic (exact) mass is 165 g/mol. The van der Waals surface area contributed by atoms with Crippen molar-refractivity contribution in [3.8, 4) is 0 Å². The third-order valence-corrected chi connectivity index (χ3v) is 2.53. The molecule has 0 radical (unpaired) electrons. The van der Waals surface area contributed by atoms with Gasteiger partial charge in [-0.3, -0.25) is 0 Å². The number of furan rings is 1. The van der Waals surface area contributed by atoms with Crippen LogP contribution in [0.3, 0.4) is 0 Å². The van der Waals surface area contributed by atoms with Gasteiger partial charge in [-0.15, -0.1) is 0 Å². The van der Waals surface area contributed by atoms with Crippen LogP contribution in [-0.2, 0) is 0 Å². The number of aryl methyl sites for hydroxylation is 1. The SMILES string of the molecule is Cc1ccoc1[C@H]1CCCCN1. The van der Waals surface area contributed by atoms with Crippen LogP contribution in [-0.4, -0.2) is 6.54 Å². The molecule has 2 heterocycles. The van der Waals surface area contributed by atoms with Gasteiger partial charge in [-0.05, 0) is 37.9 Å².